The molecule has 2 fully saturated rings. The van der Waals surface area contributed by atoms with Gasteiger partial charge in [-0.3, -0.25) is 10.1 Å². The lowest BCUT2D eigenvalue weighted by molar-refractivity contribution is -0.149. The van der Waals surface area contributed by atoms with Crippen LogP contribution in [0, 0.1) is 0 Å². The van der Waals surface area contributed by atoms with Crippen molar-refractivity contribution < 1.29 is 14.4 Å². The van der Waals surface area contributed by atoms with Crippen LogP contribution in [-0.4, -0.2) is 58.0 Å². The Kier molecular flexibility index (Phi) is 4.10. The van der Waals surface area contributed by atoms with E-state index in [1.165, 1.54) is 0 Å². The number of carbonyl (C=O) groups is 3. The van der Waals surface area contributed by atoms with Crippen molar-refractivity contribution in [2.75, 3.05) is 13.1 Å². The molecule has 0 aliphatic carbocycles. The number of hydrogen-bond acceptors (Lipinski definition) is 3. The van der Waals surface area contributed by atoms with Crippen molar-refractivity contribution >= 4 is 18.0 Å². The van der Waals surface area contributed by atoms with Gasteiger partial charge < -0.3 is 15.1 Å². The van der Waals surface area contributed by atoms with Gasteiger partial charge in [-0.25, -0.2) is 9.59 Å². The first-order valence-electron chi connectivity index (χ1n) is 7.71. The molecule has 7 nitrogen and oxygen atoms in total. The van der Waals surface area contributed by atoms with E-state index in [1.807, 2.05) is 32.6 Å². The zero-order valence-corrected chi connectivity index (χ0v) is 14.0. The topological polar surface area (TPSA) is 81.8 Å². The Bertz CT molecular complexity index is 483. The average molecular weight is 310 g/mol. The highest BCUT2D eigenvalue weighted by atomic mass is 16.2. The van der Waals surface area contributed by atoms with Crippen molar-refractivity contribution in [1.82, 2.24) is 20.4 Å². The summed E-state index contributed by atoms with van der Waals surface area (Å²) in [5.41, 5.74) is -0.690. The van der Waals surface area contributed by atoms with Gasteiger partial charge in [0.1, 0.15) is 0 Å². The molecule has 2 rings (SSSR count). The second-order valence-corrected chi connectivity index (χ2v) is 7.42. The molecule has 124 valence electrons. The average Bonchev–Trinajstić information content (AvgIpc) is 2.45. The molecule has 2 aliphatic heterocycles. The van der Waals surface area contributed by atoms with Crippen LogP contribution in [0.25, 0.3) is 0 Å². The normalized spacial score (nSPS) is 25.3. The number of amides is 5. The van der Waals surface area contributed by atoms with Gasteiger partial charge >= 0.3 is 12.1 Å². The third-order valence-corrected chi connectivity index (χ3v) is 4.56. The standard InChI is InChI=1S/C15H26N4O3/c1-10(20)19-14(2,3)8-11(9-15(19,4)5)18-7-6-16-12(21)17-13(18)22/h11H,6-9H2,1-5H3,(H2,16,17,21,22). The Labute approximate surface area is 131 Å². The predicted molar refractivity (Wildman–Crippen MR) is 82.3 cm³/mol. The number of imide groups is 1. The number of rotatable bonds is 1. The van der Waals surface area contributed by atoms with Crippen LogP contribution in [0.1, 0.15) is 47.5 Å². The molecule has 0 radical (unpaired) electrons. The van der Waals surface area contributed by atoms with Crippen LogP contribution in [0.4, 0.5) is 9.59 Å². The van der Waals surface area contributed by atoms with Crippen molar-refractivity contribution in [1.29, 1.82) is 0 Å². The molecule has 0 saturated carbocycles. The number of carbonyl (C=O) groups excluding carboxylic acids is 3. The van der Waals surface area contributed by atoms with Gasteiger partial charge in [-0.1, -0.05) is 0 Å². The van der Waals surface area contributed by atoms with Gasteiger partial charge in [0.2, 0.25) is 5.91 Å². The van der Waals surface area contributed by atoms with E-state index < -0.39 is 6.03 Å². The number of nitrogens with zero attached hydrogens (tertiary/aromatic N) is 2. The SMILES string of the molecule is CC(=O)N1C(C)(C)CC(N2CCNC(=O)NC2=O)CC1(C)C. The highest BCUT2D eigenvalue weighted by Crippen LogP contribution is 2.40. The quantitative estimate of drug-likeness (QED) is 0.765. The van der Waals surface area contributed by atoms with Crippen LogP contribution in [0.15, 0.2) is 0 Å². The van der Waals surface area contributed by atoms with Crippen LogP contribution in [0.5, 0.6) is 0 Å². The minimum Gasteiger partial charge on any atom is -0.336 e. The molecule has 0 spiro atoms. The van der Waals surface area contributed by atoms with E-state index in [2.05, 4.69) is 10.6 Å². The molecular formula is C15H26N4O3. The summed E-state index contributed by atoms with van der Waals surface area (Å²) in [4.78, 5) is 39.3. The summed E-state index contributed by atoms with van der Waals surface area (Å²) in [7, 11) is 0. The van der Waals surface area contributed by atoms with Crippen molar-refractivity contribution in [3.63, 3.8) is 0 Å². The van der Waals surface area contributed by atoms with Crippen LogP contribution >= 0.6 is 0 Å². The molecule has 5 amide bonds. The van der Waals surface area contributed by atoms with Gasteiger partial charge in [0.05, 0.1) is 0 Å². The lowest BCUT2D eigenvalue weighted by atomic mass is 9.76. The fraction of sp³-hybridized carbons (Fsp3) is 0.800. The first-order valence-corrected chi connectivity index (χ1v) is 7.71. The van der Waals surface area contributed by atoms with E-state index in [1.54, 1.807) is 11.8 Å². The monoisotopic (exact) mass is 310 g/mol. The van der Waals surface area contributed by atoms with Gasteiger partial charge in [-0.05, 0) is 40.5 Å². The van der Waals surface area contributed by atoms with Gasteiger partial charge in [-0.2, -0.15) is 0 Å². The second kappa shape index (κ2) is 5.44. The zero-order valence-electron chi connectivity index (χ0n) is 14.0. The van der Waals surface area contributed by atoms with Crippen LogP contribution < -0.4 is 10.6 Å². The van der Waals surface area contributed by atoms with E-state index in [0.29, 0.717) is 25.9 Å². The van der Waals surface area contributed by atoms with Gasteiger partial charge in [0.15, 0.2) is 0 Å². The summed E-state index contributed by atoms with van der Waals surface area (Å²) >= 11 is 0. The molecule has 2 aliphatic rings. The van der Waals surface area contributed by atoms with Crippen molar-refractivity contribution in [3.8, 4) is 0 Å². The number of likely N-dealkylation sites (tertiary alicyclic amines) is 1. The molecule has 0 bridgehead atoms. The molecule has 0 aromatic heterocycles. The lowest BCUT2D eigenvalue weighted by Crippen LogP contribution is -2.66. The minimum absolute atomic E-state index is 0.00620. The van der Waals surface area contributed by atoms with Gasteiger partial charge in [0.25, 0.3) is 0 Å². The first-order chi connectivity index (χ1) is 10.0. The third-order valence-electron chi connectivity index (χ3n) is 4.56. The maximum atomic E-state index is 12.2. The van der Waals surface area contributed by atoms with Crippen molar-refractivity contribution in [2.24, 2.45) is 0 Å². The molecule has 2 N–H and O–H groups in total. The van der Waals surface area contributed by atoms with Gasteiger partial charge in [-0.15, -0.1) is 0 Å². The van der Waals surface area contributed by atoms with Crippen molar-refractivity contribution in [2.45, 2.75) is 64.6 Å². The van der Waals surface area contributed by atoms with Gasteiger partial charge in [0, 0.05) is 37.1 Å². The number of hydrogen-bond donors (Lipinski definition) is 2. The second-order valence-electron chi connectivity index (χ2n) is 7.42. The Morgan fingerprint density at radius 1 is 1.14 bits per heavy atom. The molecule has 0 unspecified atom stereocenters. The molecule has 2 heterocycles. The summed E-state index contributed by atoms with van der Waals surface area (Å²) in [6.45, 7) is 10.6. The summed E-state index contributed by atoms with van der Waals surface area (Å²) in [5.74, 6) is 0.0469. The number of urea groups is 2. The summed E-state index contributed by atoms with van der Waals surface area (Å²) in [5, 5.41) is 4.97. The van der Waals surface area contributed by atoms with Crippen LogP contribution in [-0.2, 0) is 4.79 Å². The maximum absolute atomic E-state index is 12.2. The lowest BCUT2D eigenvalue weighted by Gasteiger charge is -2.56. The molecule has 0 aromatic carbocycles. The molecule has 0 aromatic rings. The maximum Gasteiger partial charge on any atom is 0.325 e. The Hall–Kier alpha value is -1.79. The fourth-order valence-corrected chi connectivity index (χ4v) is 4.25. The molecule has 22 heavy (non-hydrogen) atoms. The minimum atomic E-state index is -0.452. The summed E-state index contributed by atoms with van der Waals surface area (Å²) in [6.07, 6.45) is 1.38. The van der Waals surface area contributed by atoms with E-state index in [4.69, 9.17) is 0 Å². The molecule has 0 atom stereocenters. The van der Waals surface area contributed by atoms with Crippen LogP contribution in [0.2, 0.25) is 0 Å². The Balaban J connectivity index is 2.25. The molecule has 2 saturated heterocycles. The van der Waals surface area contributed by atoms with Crippen LogP contribution in [0.3, 0.4) is 0 Å². The Morgan fingerprint density at radius 2 is 1.68 bits per heavy atom. The summed E-state index contributed by atoms with van der Waals surface area (Å²) in [6, 6.07) is -0.816. The van der Waals surface area contributed by atoms with E-state index in [0.717, 1.165) is 0 Å². The zero-order chi connectivity index (χ0) is 16.7. The summed E-state index contributed by atoms with van der Waals surface area (Å²) < 4.78 is 0. The largest absolute Gasteiger partial charge is 0.336 e. The predicted octanol–water partition coefficient (Wildman–Crippen LogP) is 1.29. The number of piperidine rings is 1. The fourth-order valence-electron chi connectivity index (χ4n) is 4.25. The number of nitrogens with one attached hydrogen (secondary N) is 2. The highest BCUT2D eigenvalue weighted by molar-refractivity contribution is 5.94. The smallest absolute Gasteiger partial charge is 0.325 e. The molecule has 7 heteroatoms. The molecular weight excluding hydrogens is 284 g/mol. The van der Waals surface area contributed by atoms with E-state index in [-0.39, 0.29) is 29.1 Å². The first kappa shape index (κ1) is 16.6. The highest BCUT2D eigenvalue weighted by Gasteiger charge is 2.48. The Morgan fingerprint density at radius 3 is 2.18 bits per heavy atom. The third kappa shape index (κ3) is 3.03. The van der Waals surface area contributed by atoms with E-state index in [9.17, 15) is 14.4 Å². The van der Waals surface area contributed by atoms with Crippen molar-refractivity contribution in [3.05, 3.63) is 0 Å². The van der Waals surface area contributed by atoms with E-state index >= 15 is 0 Å².